The monoisotopic (exact) mass is 384 g/mol. The minimum Gasteiger partial charge on any atom is -0.476 e. The number of ether oxygens (including phenoxy) is 1. The Morgan fingerprint density at radius 3 is 2.83 bits per heavy atom. The number of anilines is 1. The number of benzene rings is 2. The van der Waals surface area contributed by atoms with E-state index in [4.69, 9.17) is 9.72 Å². The quantitative estimate of drug-likeness (QED) is 0.567. The molecule has 29 heavy (non-hydrogen) atoms. The van der Waals surface area contributed by atoms with Gasteiger partial charge in [0.25, 0.3) is 0 Å². The molecule has 0 amide bonds. The molecular weight excluding hydrogens is 364 g/mol. The van der Waals surface area contributed by atoms with Gasteiger partial charge in [-0.25, -0.2) is 15.0 Å². The fraction of sp³-hybridized carbons (Fsp3) is 0.182. The number of hydrogen-bond donors (Lipinski definition) is 1. The Bertz CT molecular complexity index is 1180. The minimum absolute atomic E-state index is 0.115. The molecular formula is C22H20N6O. The van der Waals surface area contributed by atoms with Crippen LogP contribution >= 0.6 is 0 Å². The maximum atomic E-state index is 5.60. The van der Waals surface area contributed by atoms with Crippen LogP contribution in [0.5, 0.6) is 0 Å². The zero-order valence-corrected chi connectivity index (χ0v) is 16.0. The largest absolute Gasteiger partial charge is 0.476 e. The summed E-state index contributed by atoms with van der Waals surface area (Å²) in [5.74, 6) is 2.09. The lowest BCUT2D eigenvalue weighted by atomic mass is 10.1. The van der Waals surface area contributed by atoms with Crippen molar-refractivity contribution >= 4 is 22.7 Å². The number of fused-ring (bicyclic) bond motifs is 1. The Labute approximate surface area is 168 Å². The first-order valence-electron chi connectivity index (χ1n) is 9.56. The molecule has 0 aliphatic carbocycles. The molecule has 5 rings (SSSR count). The lowest BCUT2D eigenvalue weighted by Gasteiger charge is -2.15. The maximum absolute atomic E-state index is 5.60. The smallest absolute Gasteiger partial charge is 0.216 e. The number of nitrogens with zero attached hydrogens (tertiary/aromatic N) is 5. The van der Waals surface area contributed by atoms with Crippen LogP contribution in [0.3, 0.4) is 0 Å². The lowest BCUT2D eigenvalue weighted by molar-refractivity contribution is 0.348. The Balaban J connectivity index is 1.47. The van der Waals surface area contributed by atoms with Crippen LogP contribution in [0.1, 0.15) is 24.1 Å². The van der Waals surface area contributed by atoms with E-state index in [0.717, 1.165) is 16.6 Å². The Hall–Kier alpha value is -3.74. The average Bonchev–Trinajstić information content (AvgIpc) is 3.44. The maximum Gasteiger partial charge on any atom is 0.216 e. The first kappa shape index (κ1) is 17.4. The van der Waals surface area contributed by atoms with Crippen molar-refractivity contribution < 1.29 is 4.74 Å². The topological polar surface area (TPSA) is 77.2 Å². The molecule has 1 aliphatic rings. The molecule has 144 valence electrons. The molecule has 7 nitrogen and oxygen atoms in total. The van der Waals surface area contributed by atoms with E-state index in [1.807, 2.05) is 41.0 Å². The van der Waals surface area contributed by atoms with Gasteiger partial charge in [0.05, 0.1) is 30.0 Å². The van der Waals surface area contributed by atoms with Gasteiger partial charge in [0, 0.05) is 11.6 Å². The van der Waals surface area contributed by atoms with Gasteiger partial charge in [0.15, 0.2) is 5.82 Å². The van der Waals surface area contributed by atoms with Crippen molar-refractivity contribution in [2.45, 2.75) is 13.0 Å². The second-order valence-electron chi connectivity index (χ2n) is 6.89. The second kappa shape index (κ2) is 7.35. The third-order valence-electron chi connectivity index (χ3n) is 4.91. The van der Waals surface area contributed by atoms with Crippen molar-refractivity contribution in [3.05, 3.63) is 78.4 Å². The van der Waals surface area contributed by atoms with Gasteiger partial charge in [0.1, 0.15) is 18.8 Å². The highest BCUT2D eigenvalue weighted by molar-refractivity contribution is 5.98. The third kappa shape index (κ3) is 3.42. The van der Waals surface area contributed by atoms with E-state index in [1.54, 1.807) is 18.7 Å². The number of nitrogens with one attached hydrogen (secondary N) is 1. The number of aliphatic imine (C=N–C) groups is 1. The van der Waals surface area contributed by atoms with E-state index in [1.165, 1.54) is 5.56 Å². The molecule has 1 aliphatic heterocycles. The molecule has 0 spiro atoms. The van der Waals surface area contributed by atoms with E-state index in [-0.39, 0.29) is 6.04 Å². The summed E-state index contributed by atoms with van der Waals surface area (Å²) in [5, 5.41) is 3.42. The first-order chi connectivity index (χ1) is 14.3. The fourth-order valence-electron chi connectivity index (χ4n) is 3.42. The number of aromatic nitrogens is 4. The van der Waals surface area contributed by atoms with Crippen LogP contribution in [0.2, 0.25) is 0 Å². The van der Waals surface area contributed by atoms with Gasteiger partial charge in [0.2, 0.25) is 5.90 Å². The van der Waals surface area contributed by atoms with Crippen LogP contribution in [-0.4, -0.2) is 38.6 Å². The van der Waals surface area contributed by atoms with Gasteiger partial charge < -0.3 is 10.1 Å². The van der Waals surface area contributed by atoms with Gasteiger partial charge in [-0.15, -0.1) is 0 Å². The molecule has 0 bridgehead atoms. The van der Waals surface area contributed by atoms with Gasteiger partial charge in [-0.3, -0.25) is 9.55 Å². The summed E-state index contributed by atoms with van der Waals surface area (Å²) in [7, 11) is 0. The fourth-order valence-corrected chi connectivity index (χ4v) is 3.42. The molecule has 1 atom stereocenters. The van der Waals surface area contributed by atoms with Gasteiger partial charge in [-0.05, 0) is 30.7 Å². The number of rotatable bonds is 5. The lowest BCUT2D eigenvalue weighted by Crippen LogP contribution is -2.09. The Morgan fingerprint density at radius 2 is 2.00 bits per heavy atom. The van der Waals surface area contributed by atoms with Crippen molar-refractivity contribution in [3.63, 3.8) is 0 Å². The van der Waals surface area contributed by atoms with Crippen molar-refractivity contribution in [1.82, 2.24) is 19.5 Å². The van der Waals surface area contributed by atoms with Crippen LogP contribution in [0.15, 0.2) is 72.2 Å². The summed E-state index contributed by atoms with van der Waals surface area (Å²) in [6.45, 7) is 3.43. The summed E-state index contributed by atoms with van der Waals surface area (Å²) >= 11 is 0. The zero-order chi connectivity index (χ0) is 19.6. The molecule has 0 unspecified atom stereocenters. The highest BCUT2D eigenvalue weighted by atomic mass is 16.5. The third-order valence-corrected chi connectivity index (χ3v) is 4.91. The van der Waals surface area contributed by atoms with E-state index in [2.05, 4.69) is 39.3 Å². The van der Waals surface area contributed by atoms with Crippen molar-refractivity contribution in [3.8, 4) is 5.82 Å². The van der Waals surface area contributed by atoms with E-state index < -0.39 is 0 Å². The Morgan fingerprint density at radius 1 is 1.10 bits per heavy atom. The average molecular weight is 384 g/mol. The van der Waals surface area contributed by atoms with E-state index >= 15 is 0 Å². The van der Waals surface area contributed by atoms with Crippen LogP contribution < -0.4 is 5.32 Å². The van der Waals surface area contributed by atoms with Crippen molar-refractivity contribution in [2.24, 2.45) is 4.99 Å². The van der Waals surface area contributed by atoms with Gasteiger partial charge >= 0.3 is 0 Å². The van der Waals surface area contributed by atoms with E-state index in [9.17, 15) is 0 Å². The normalized spacial score (nSPS) is 14.4. The zero-order valence-electron chi connectivity index (χ0n) is 16.0. The Kier molecular flexibility index (Phi) is 4.40. The molecule has 0 saturated heterocycles. The summed E-state index contributed by atoms with van der Waals surface area (Å²) in [6, 6.07) is 16.4. The molecule has 0 fully saturated rings. The van der Waals surface area contributed by atoms with Crippen molar-refractivity contribution in [2.75, 3.05) is 18.5 Å². The molecule has 2 aromatic carbocycles. The minimum atomic E-state index is 0.115. The van der Waals surface area contributed by atoms with Crippen LogP contribution in [-0.2, 0) is 4.74 Å². The first-order valence-corrected chi connectivity index (χ1v) is 9.56. The van der Waals surface area contributed by atoms with Crippen molar-refractivity contribution in [1.29, 1.82) is 0 Å². The van der Waals surface area contributed by atoms with Crippen LogP contribution in [0, 0.1) is 0 Å². The highest BCUT2D eigenvalue weighted by Gasteiger charge is 2.14. The molecule has 7 heteroatoms. The molecule has 2 aromatic heterocycles. The predicted molar refractivity (Wildman–Crippen MR) is 112 cm³/mol. The second-order valence-corrected chi connectivity index (χ2v) is 6.89. The van der Waals surface area contributed by atoms with Gasteiger partial charge in [-0.1, -0.05) is 30.3 Å². The summed E-state index contributed by atoms with van der Waals surface area (Å²) in [5.41, 5.74) is 3.94. The standard InChI is InChI=1S/C22H20N6O/c1-15(16-5-3-2-4-6-16)26-20-12-23-13-21(27-20)28-14-25-18-8-7-17(11-19(18)28)22-24-9-10-29-22/h2-8,11-15H,9-10H2,1H3,(H,26,27)/t15-/m0/s1. The SMILES string of the molecule is C[C@H](Nc1cncc(-n2cnc3ccc(C4=NCCO4)cc32)n1)c1ccccc1. The molecule has 0 radical (unpaired) electrons. The predicted octanol–water partition coefficient (Wildman–Crippen LogP) is 3.77. The molecule has 0 saturated carbocycles. The summed E-state index contributed by atoms with van der Waals surface area (Å²) in [6.07, 6.45) is 5.23. The number of imidazole rings is 1. The molecule has 3 heterocycles. The van der Waals surface area contributed by atoms with Gasteiger partial charge in [-0.2, -0.15) is 0 Å². The van der Waals surface area contributed by atoms with E-state index in [0.29, 0.717) is 30.7 Å². The molecule has 4 aromatic rings. The summed E-state index contributed by atoms with van der Waals surface area (Å²) in [4.78, 5) is 18.0. The van der Waals surface area contributed by atoms with Crippen LogP contribution in [0.25, 0.3) is 16.9 Å². The van der Waals surface area contributed by atoms with Crippen LogP contribution in [0.4, 0.5) is 5.82 Å². The summed E-state index contributed by atoms with van der Waals surface area (Å²) < 4.78 is 7.53. The molecule has 1 N–H and O–H groups in total. The highest BCUT2D eigenvalue weighted by Crippen LogP contribution is 2.22. The number of hydrogen-bond acceptors (Lipinski definition) is 6.